The number of nitrogens with zero attached hydrogens (tertiary/aromatic N) is 2. The summed E-state index contributed by atoms with van der Waals surface area (Å²) in [5, 5.41) is 5.98. The fourth-order valence-electron chi connectivity index (χ4n) is 6.41. The second-order valence-corrected chi connectivity index (χ2v) is 7.66. The highest BCUT2D eigenvalue weighted by Crippen LogP contribution is 2.72. The molecule has 5 rings (SSSR count). The monoisotopic (exact) mass is 348 g/mol. The van der Waals surface area contributed by atoms with Gasteiger partial charge in [-0.15, -0.1) is 10.2 Å². The first-order valence-electron chi connectivity index (χ1n) is 8.22. The number of alkyl halides is 6. The van der Waals surface area contributed by atoms with E-state index in [1.165, 1.54) is 0 Å². The van der Waals surface area contributed by atoms with Crippen LogP contribution < -0.4 is 0 Å². The summed E-state index contributed by atoms with van der Waals surface area (Å²) in [6, 6.07) is 0. The minimum atomic E-state index is -4.77. The van der Waals surface area contributed by atoms with Gasteiger partial charge in [-0.05, 0) is 72.3 Å². The molecule has 1 aromatic rings. The first-order chi connectivity index (χ1) is 11.2. The van der Waals surface area contributed by atoms with E-state index in [4.69, 9.17) is 0 Å². The molecule has 0 aromatic carbocycles. The van der Waals surface area contributed by atoms with E-state index in [1.807, 2.05) is 0 Å². The lowest BCUT2D eigenvalue weighted by Crippen LogP contribution is -2.32. The Bertz CT molecular complexity index is 666. The molecule has 130 valence electrons. The first-order valence-corrected chi connectivity index (χ1v) is 8.22. The molecule has 1 heterocycles. The van der Waals surface area contributed by atoms with Gasteiger partial charge in [-0.2, -0.15) is 26.3 Å². The average Bonchev–Trinajstić information content (AvgIpc) is 3.21. The number of hydrogen-bond donors (Lipinski definition) is 0. The van der Waals surface area contributed by atoms with E-state index in [-0.39, 0.29) is 23.0 Å². The molecule has 3 saturated carbocycles. The van der Waals surface area contributed by atoms with Gasteiger partial charge in [-0.3, -0.25) is 0 Å². The Morgan fingerprint density at radius 1 is 0.667 bits per heavy atom. The summed E-state index contributed by atoms with van der Waals surface area (Å²) < 4.78 is 80.1. The Labute approximate surface area is 133 Å². The predicted molar refractivity (Wildman–Crippen MR) is 69.9 cm³/mol. The zero-order valence-electron chi connectivity index (χ0n) is 12.5. The molecule has 0 radical (unpaired) electrons. The van der Waals surface area contributed by atoms with Gasteiger partial charge in [0.05, 0.1) is 0 Å². The van der Waals surface area contributed by atoms with E-state index in [0.717, 1.165) is 19.3 Å². The maximum absolute atomic E-state index is 13.3. The number of aromatic nitrogens is 2. The highest BCUT2D eigenvalue weighted by atomic mass is 19.4. The van der Waals surface area contributed by atoms with Crippen molar-refractivity contribution in [2.24, 2.45) is 23.7 Å². The van der Waals surface area contributed by atoms with E-state index in [1.54, 1.807) is 0 Å². The number of fused-ring (bicyclic) bond motifs is 12. The van der Waals surface area contributed by atoms with Gasteiger partial charge in [0.25, 0.3) is 0 Å². The fourth-order valence-corrected chi connectivity index (χ4v) is 6.41. The van der Waals surface area contributed by atoms with Crippen LogP contribution in [0.4, 0.5) is 26.3 Å². The van der Waals surface area contributed by atoms with Crippen LogP contribution in [0, 0.1) is 23.7 Å². The summed E-state index contributed by atoms with van der Waals surface area (Å²) in [7, 11) is 0. The molecular formula is C16H14F6N2. The summed E-state index contributed by atoms with van der Waals surface area (Å²) in [6.07, 6.45) is -6.18. The second-order valence-electron chi connectivity index (χ2n) is 7.66. The minimum absolute atomic E-state index is 0.104. The van der Waals surface area contributed by atoms with Gasteiger partial charge >= 0.3 is 12.4 Å². The molecule has 2 nitrogen and oxygen atoms in total. The molecule has 0 saturated heterocycles. The Morgan fingerprint density at radius 2 is 1.08 bits per heavy atom. The van der Waals surface area contributed by atoms with Crippen molar-refractivity contribution in [2.45, 2.75) is 49.9 Å². The maximum Gasteiger partial charge on any atom is 0.435 e. The van der Waals surface area contributed by atoms with Gasteiger partial charge < -0.3 is 0 Å². The lowest BCUT2D eigenvalue weighted by atomic mass is 9.68. The molecule has 24 heavy (non-hydrogen) atoms. The van der Waals surface area contributed by atoms with Crippen molar-refractivity contribution in [1.82, 2.24) is 10.2 Å². The van der Waals surface area contributed by atoms with Crippen LogP contribution in [0.5, 0.6) is 0 Å². The van der Waals surface area contributed by atoms with Crippen LogP contribution >= 0.6 is 0 Å². The topological polar surface area (TPSA) is 25.8 Å². The van der Waals surface area contributed by atoms with Crippen molar-refractivity contribution < 1.29 is 26.3 Å². The first kappa shape index (κ1) is 15.0. The molecule has 0 amide bonds. The Balaban J connectivity index is 1.74. The Kier molecular flexibility index (Phi) is 2.65. The van der Waals surface area contributed by atoms with Gasteiger partial charge in [-0.1, -0.05) is 0 Å². The van der Waals surface area contributed by atoms with Crippen LogP contribution in [-0.2, 0) is 12.4 Å². The van der Waals surface area contributed by atoms with Crippen LogP contribution in [0.1, 0.15) is 60.0 Å². The van der Waals surface area contributed by atoms with E-state index in [0.29, 0.717) is 18.3 Å². The molecule has 1 aromatic heterocycles. The SMILES string of the molecule is FC(F)(F)c1nnc(C(F)(F)F)c2c1[C@H]1C[C@@H]2[C@H]2[C@H]3CC[C@H](C3)[C@H]21. The molecule has 4 aliphatic carbocycles. The summed E-state index contributed by atoms with van der Waals surface area (Å²) in [5.41, 5.74) is -2.77. The van der Waals surface area contributed by atoms with Gasteiger partial charge in [0, 0.05) is 0 Å². The van der Waals surface area contributed by atoms with Gasteiger partial charge in [0.2, 0.25) is 0 Å². The van der Waals surface area contributed by atoms with Crippen molar-refractivity contribution in [3.05, 3.63) is 22.5 Å². The Morgan fingerprint density at radius 3 is 1.46 bits per heavy atom. The molecule has 0 N–H and O–H groups in total. The fraction of sp³-hybridized carbons (Fsp3) is 0.750. The van der Waals surface area contributed by atoms with Gasteiger partial charge in [-0.25, -0.2) is 0 Å². The van der Waals surface area contributed by atoms with Crippen molar-refractivity contribution in [1.29, 1.82) is 0 Å². The predicted octanol–water partition coefficient (Wildman–Crippen LogP) is 4.76. The number of rotatable bonds is 0. The Hall–Kier alpha value is -1.34. The van der Waals surface area contributed by atoms with Crippen LogP contribution in [0.3, 0.4) is 0 Å². The molecular weight excluding hydrogens is 334 g/mol. The van der Waals surface area contributed by atoms with E-state index in [9.17, 15) is 26.3 Å². The third-order valence-electron chi connectivity index (χ3n) is 6.81. The molecule has 3 fully saturated rings. The lowest BCUT2D eigenvalue weighted by Gasteiger charge is -2.37. The average molecular weight is 348 g/mol. The third kappa shape index (κ3) is 1.69. The van der Waals surface area contributed by atoms with Crippen LogP contribution in [0.15, 0.2) is 0 Å². The summed E-state index contributed by atoms with van der Waals surface area (Å²) >= 11 is 0. The second kappa shape index (κ2) is 4.25. The van der Waals surface area contributed by atoms with E-state index < -0.39 is 35.6 Å². The van der Waals surface area contributed by atoms with Crippen molar-refractivity contribution in [2.75, 3.05) is 0 Å². The van der Waals surface area contributed by atoms with Gasteiger partial charge in [0.15, 0.2) is 11.4 Å². The van der Waals surface area contributed by atoms with Crippen molar-refractivity contribution >= 4 is 0 Å². The third-order valence-corrected chi connectivity index (χ3v) is 6.81. The summed E-state index contributed by atoms with van der Waals surface area (Å²) in [6.45, 7) is 0. The van der Waals surface area contributed by atoms with Crippen LogP contribution in [0.25, 0.3) is 0 Å². The normalized spacial score (nSPS) is 39.4. The number of halogens is 6. The zero-order valence-corrected chi connectivity index (χ0v) is 12.5. The molecule has 0 aliphatic heterocycles. The van der Waals surface area contributed by atoms with Crippen LogP contribution in [-0.4, -0.2) is 10.2 Å². The molecule has 4 bridgehead atoms. The minimum Gasteiger partial charge on any atom is -0.164 e. The molecule has 8 heteroatoms. The largest absolute Gasteiger partial charge is 0.435 e. The van der Waals surface area contributed by atoms with Crippen molar-refractivity contribution in [3.63, 3.8) is 0 Å². The summed E-state index contributed by atoms with van der Waals surface area (Å²) in [5.74, 6) is 0.0794. The number of hydrogen-bond acceptors (Lipinski definition) is 2. The highest BCUT2D eigenvalue weighted by molar-refractivity contribution is 5.50. The molecule has 0 spiro atoms. The van der Waals surface area contributed by atoms with E-state index in [2.05, 4.69) is 10.2 Å². The van der Waals surface area contributed by atoms with Gasteiger partial charge in [0.1, 0.15) is 0 Å². The summed E-state index contributed by atoms with van der Waals surface area (Å²) in [4.78, 5) is 0. The zero-order chi connectivity index (χ0) is 17.0. The molecule has 0 unspecified atom stereocenters. The smallest absolute Gasteiger partial charge is 0.164 e. The highest BCUT2D eigenvalue weighted by Gasteiger charge is 2.64. The standard InChI is InChI=1S/C16H14F6N2/c17-15(18,19)13-11-7-4-8(10-6-2-1-5(3-6)9(7)10)12(11)14(24-23-13)16(20,21)22/h5-10H,1-4H2/t5-,6+,7+,8-,9+,10-. The van der Waals surface area contributed by atoms with Crippen molar-refractivity contribution in [3.8, 4) is 0 Å². The maximum atomic E-state index is 13.3. The van der Waals surface area contributed by atoms with E-state index >= 15 is 0 Å². The lowest BCUT2D eigenvalue weighted by molar-refractivity contribution is -0.149. The molecule has 6 atom stereocenters. The van der Waals surface area contributed by atoms with Crippen LogP contribution in [0.2, 0.25) is 0 Å². The molecule has 4 aliphatic rings. The quantitative estimate of drug-likeness (QED) is 0.499.